The van der Waals surface area contributed by atoms with E-state index in [0.717, 1.165) is 5.69 Å². The summed E-state index contributed by atoms with van der Waals surface area (Å²) in [5.74, 6) is 0.205. The largest absolute Gasteiger partial charge is 0.383 e. The molecule has 0 saturated heterocycles. The van der Waals surface area contributed by atoms with Crippen molar-refractivity contribution in [3.8, 4) is 5.69 Å². The molecule has 94 valence electrons. The lowest BCUT2D eigenvalue weighted by atomic mass is 10.2. The van der Waals surface area contributed by atoms with Crippen LogP contribution in [0.5, 0.6) is 0 Å². The summed E-state index contributed by atoms with van der Waals surface area (Å²) in [6.07, 6.45) is 3.06. The number of rotatable bonds is 1. The van der Waals surface area contributed by atoms with E-state index in [4.69, 9.17) is 5.73 Å². The van der Waals surface area contributed by atoms with Crippen molar-refractivity contribution in [3.05, 3.63) is 58.6 Å². The first-order valence-corrected chi connectivity index (χ1v) is 5.86. The lowest BCUT2D eigenvalue weighted by molar-refractivity contribution is 1.04. The standard InChI is InChI=1S/C14H12N4O/c1-9-2-4-10(5-3-9)18-7-6-11(19)12-13(15)16-8-17-14(12)18/h2-8H,1H3,(H2,15,16,17). The van der Waals surface area contributed by atoms with Crippen molar-refractivity contribution in [3.63, 3.8) is 0 Å². The zero-order chi connectivity index (χ0) is 13.4. The van der Waals surface area contributed by atoms with Crippen LogP contribution >= 0.6 is 0 Å². The van der Waals surface area contributed by atoms with Crippen LogP contribution in [0.3, 0.4) is 0 Å². The van der Waals surface area contributed by atoms with Crippen molar-refractivity contribution in [2.75, 3.05) is 5.73 Å². The van der Waals surface area contributed by atoms with Crippen LogP contribution in [0.1, 0.15) is 5.56 Å². The van der Waals surface area contributed by atoms with E-state index < -0.39 is 0 Å². The Balaban J connectivity index is 2.37. The number of nitrogen functional groups attached to an aromatic ring is 1. The Bertz CT molecular complexity index is 806. The summed E-state index contributed by atoms with van der Waals surface area (Å²) < 4.78 is 1.83. The van der Waals surface area contributed by atoms with E-state index in [1.807, 2.05) is 35.8 Å². The zero-order valence-corrected chi connectivity index (χ0v) is 10.4. The first-order valence-electron chi connectivity index (χ1n) is 5.86. The Kier molecular flexibility index (Phi) is 2.52. The number of aromatic nitrogens is 3. The first kappa shape index (κ1) is 11.4. The maximum Gasteiger partial charge on any atom is 0.194 e. The molecule has 1 aromatic carbocycles. The molecule has 0 aliphatic heterocycles. The van der Waals surface area contributed by atoms with Crippen molar-refractivity contribution in [2.45, 2.75) is 6.92 Å². The van der Waals surface area contributed by atoms with E-state index >= 15 is 0 Å². The third-order valence-electron chi connectivity index (χ3n) is 3.02. The highest BCUT2D eigenvalue weighted by atomic mass is 16.1. The van der Waals surface area contributed by atoms with Crippen LogP contribution < -0.4 is 11.2 Å². The van der Waals surface area contributed by atoms with E-state index in [1.165, 1.54) is 18.0 Å². The number of nitrogens with zero attached hydrogens (tertiary/aromatic N) is 3. The first-order chi connectivity index (χ1) is 9.16. The smallest absolute Gasteiger partial charge is 0.194 e. The fourth-order valence-corrected chi connectivity index (χ4v) is 2.02. The summed E-state index contributed by atoms with van der Waals surface area (Å²) in [4.78, 5) is 19.9. The molecule has 0 atom stereocenters. The molecule has 2 heterocycles. The lowest BCUT2D eigenvalue weighted by Crippen LogP contribution is -2.11. The van der Waals surface area contributed by atoms with Crippen molar-refractivity contribution < 1.29 is 0 Å². The summed E-state index contributed by atoms with van der Waals surface area (Å²) in [6, 6.07) is 9.42. The minimum atomic E-state index is -0.170. The van der Waals surface area contributed by atoms with Crippen LogP contribution in [0.15, 0.2) is 47.7 Å². The molecule has 0 unspecified atom stereocenters. The Hall–Kier alpha value is -2.69. The SMILES string of the molecule is Cc1ccc(-n2ccc(=O)c3c(N)ncnc32)cc1. The lowest BCUT2D eigenvalue weighted by Gasteiger charge is -2.10. The van der Waals surface area contributed by atoms with Gasteiger partial charge < -0.3 is 10.3 Å². The van der Waals surface area contributed by atoms with Crippen LogP contribution in [0, 0.1) is 6.92 Å². The normalized spacial score (nSPS) is 10.8. The molecule has 0 saturated carbocycles. The summed E-state index contributed by atoms with van der Waals surface area (Å²) in [7, 11) is 0. The molecule has 0 aliphatic carbocycles. The molecule has 5 nitrogen and oxygen atoms in total. The summed E-state index contributed by atoms with van der Waals surface area (Å²) in [5.41, 5.74) is 8.21. The molecule has 0 bridgehead atoms. The van der Waals surface area contributed by atoms with Crippen LogP contribution in [0.2, 0.25) is 0 Å². The molecule has 3 rings (SSSR count). The van der Waals surface area contributed by atoms with E-state index in [9.17, 15) is 4.79 Å². The monoisotopic (exact) mass is 252 g/mol. The molecule has 0 aliphatic rings. The Morgan fingerprint density at radius 2 is 1.84 bits per heavy atom. The van der Waals surface area contributed by atoms with Gasteiger partial charge in [-0.05, 0) is 19.1 Å². The topological polar surface area (TPSA) is 73.8 Å². The molecule has 2 N–H and O–H groups in total. The van der Waals surface area contributed by atoms with Crippen molar-refractivity contribution in [1.29, 1.82) is 0 Å². The molecule has 19 heavy (non-hydrogen) atoms. The molecule has 2 aromatic heterocycles. The van der Waals surface area contributed by atoms with Gasteiger partial charge in [-0.2, -0.15) is 0 Å². The van der Waals surface area contributed by atoms with Gasteiger partial charge >= 0.3 is 0 Å². The molecule has 5 heteroatoms. The number of fused-ring (bicyclic) bond motifs is 1. The van der Waals surface area contributed by atoms with Gasteiger partial charge in [-0.3, -0.25) is 4.79 Å². The maximum absolute atomic E-state index is 11.9. The Labute approximate surface area is 109 Å². The van der Waals surface area contributed by atoms with E-state index in [1.54, 1.807) is 6.20 Å². The van der Waals surface area contributed by atoms with Gasteiger partial charge in [0.2, 0.25) is 0 Å². The van der Waals surface area contributed by atoms with Gasteiger partial charge in [0.1, 0.15) is 17.5 Å². The molecule has 0 radical (unpaired) electrons. The van der Waals surface area contributed by atoms with E-state index in [2.05, 4.69) is 9.97 Å². The Morgan fingerprint density at radius 1 is 1.11 bits per heavy atom. The highest BCUT2D eigenvalue weighted by molar-refractivity contribution is 5.85. The average molecular weight is 252 g/mol. The second kappa shape index (κ2) is 4.20. The third kappa shape index (κ3) is 1.85. The average Bonchev–Trinajstić information content (AvgIpc) is 2.41. The summed E-state index contributed by atoms with van der Waals surface area (Å²) in [6.45, 7) is 2.02. The van der Waals surface area contributed by atoms with Crippen LogP contribution in [-0.2, 0) is 0 Å². The van der Waals surface area contributed by atoms with Gasteiger partial charge in [-0.15, -0.1) is 0 Å². The molecule has 0 fully saturated rings. The van der Waals surface area contributed by atoms with Crippen LogP contribution in [0.25, 0.3) is 16.7 Å². The van der Waals surface area contributed by atoms with Gasteiger partial charge in [0.05, 0.1) is 0 Å². The van der Waals surface area contributed by atoms with Gasteiger partial charge in [-0.25, -0.2) is 9.97 Å². The quantitative estimate of drug-likeness (QED) is 0.715. The summed E-state index contributed by atoms with van der Waals surface area (Å²) in [5, 5.41) is 0.352. The molecule has 0 spiro atoms. The minimum Gasteiger partial charge on any atom is -0.383 e. The van der Waals surface area contributed by atoms with Crippen molar-refractivity contribution >= 4 is 16.9 Å². The highest BCUT2D eigenvalue weighted by Crippen LogP contribution is 2.17. The fraction of sp³-hybridized carbons (Fsp3) is 0.0714. The number of benzene rings is 1. The van der Waals surface area contributed by atoms with Crippen molar-refractivity contribution in [2.24, 2.45) is 0 Å². The van der Waals surface area contributed by atoms with Gasteiger partial charge in [0.15, 0.2) is 11.1 Å². The van der Waals surface area contributed by atoms with Gasteiger partial charge in [-0.1, -0.05) is 17.7 Å². The number of hydrogen-bond donors (Lipinski definition) is 1. The molecule has 0 amide bonds. The zero-order valence-electron chi connectivity index (χ0n) is 10.4. The van der Waals surface area contributed by atoms with Crippen LogP contribution in [-0.4, -0.2) is 14.5 Å². The van der Waals surface area contributed by atoms with Gasteiger partial charge in [0, 0.05) is 18.0 Å². The molecular weight excluding hydrogens is 240 g/mol. The number of nitrogens with two attached hydrogens (primary N) is 1. The van der Waals surface area contributed by atoms with E-state index in [0.29, 0.717) is 11.0 Å². The number of pyridine rings is 1. The Morgan fingerprint density at radius 3 is 2.58 bits per heavy atom. The second-order valence-corrected chi connectivity index (χ2v) is 4.34. The number of anilines is 1. The number of hydrogen-bond acceptors (Lipinski definition) is 4. The predicted molar refractivity (Wildman–Crippen MR) is 74.3 cm³/mol. The maximum atomic E-state index is 11.9. The van der Waals surface area contributed by atoms with E-state index in [-0.39, 0.29) is 11.2 Å². The van der Waals surface area contributed by atoms with Gasteiger partial charge in [0.25, 0.3) is 0 Å². The summed E-state index contributed by atoms with van der Waals surface area (Å²) >= 11 is 0. The predicted octanol–water partition coefficient (Wildman–Crippen LogP) is 1.67. The third-order valence-corrected chi connectivity index (χ3v) is 3.02. The highest BCUT2D eigenvalue weighted by Gasteiger charge is 2.09. The van der Waals surface area contributed by atoms with Crippen LogP contribution in [0.4, 0.5) is 5.82 Å². The minimum absolute atomic E-state index is 0.170. The second-order valence-electron chi connectivity index (χ2n) is 4.34. The molecule has 3 aromatic rings. The fourth-order valence-electron chi connectivity index (χ4n) is 2.02. The van der Waals surface area contributed by atoms with Crippen molar-refractivity contribution in [1.82, 2.24) is 14.5 Å². The molecular formula is C14H12N4O. The number of aryl methyl sites for hydroxylation is 1.